The molecule has 0 unspecified atom stereocenters. The van der Waals surface area contributed by atoms with Gasteiger partial charge in [-0.2, -0.15) is 0 Å². The molecular formula is C24H31N3O4. The Hall–Kier alpha value is -2.45. The SMILES string of the molecule is C[C@@H]([C@H](O)CN1CCC(n2c(=O)[nH]c3ccccc32)CC1)[C@@H](O)c1ccc(CO)cc1. The van der Waals surface area contributed by atoms with Crippen molar-refractivity contribution >= 4 is 11.0 Å². The van der Waals surface area contributed by atoms with Gasteiger partial charge in [-0.15, -0.1) is 0 Å². The van der Waals surface area contributed by atoms with E-state index in [4.69, 9.17) is 5.11 Å². The number of β-amino-alcohol motifs (C(OH)–C–C–N with tert-alkyl or cyclic N) is 1. The summed E-state index contributed by atoms with van der Waals surface area (Å²) in [5, 5.41) is 30.6. The Morgan fingerprint density at radius 2 is 1.74 bits per heavy atom. The van der Waals surface area contributed by atoms with Gasteiger partial charge < -0.3 is 25.2 Å². The lowest BCUT2D eigenvalue weighted by Gasteiger charge is -2.35. The van der Waals surface area contributed by atoms with Crippen LogP contribution >= 0.6 is 0 Å². The number of hydrogen-bond acceptors (Lipinski definition) is 5. The van der Waals surface area contributed by atoms with Crippen LogP contribution in [0.1, 0.15) is 43.0 Å². The van der Waals surface area contributed by atoms with Gasteiger partial charge in [-0.3, -0.25) is 4.57 Å². The molecule has 4 rings (SSSR count). The van der Waals surface area contributed by atoms with Crippen LogP contribution in [0.3, 0.4) is 0 Å². The predicted molar refractivity (Wildman–Crippen MR) is 120 cm³/mol. The van der Waals surface area contributed by atoms with E-state index < -0.39 is 12.2 Å². The molecule has 3 atom stereocenters. The number of fused-ring (bicyclic) bond motifs is 1. The standard InChI is InChI=1S/C24H31N3O4/c1-16(23(30)18-8-6-17(15-28)7-9-18)22(29)14-26-12-10-19(11-13-26)27-21-5-3-2-4-20(21)25-24(27)31/h2-9,16,19,22-23,28-30H,10-15H2,1H3,(H,25,31)/t16-,22+,23+/m0/s1. The molecule has 1 aromatic heterocycles. The van der Waals surface area contributed by atoms with Gasteiger partial charge in [0.2, 0.25) is 0 Å². The summed E-state index contributed by atoms with van der Waals surface area (Å²) in [6, 6.07) is 15.1. The van der Waals surface area contributed by atoms with E-state index in [9.17, 15) is 15.0 Å². The summed E-state index contributed by atoms with van der Waals surface area (Å²) < 4.78 is 1.87. The van der Waals surface area contributed by atoms with Crippen LogP contribution in [0.4, 0.5) is 0 Å². The first kappa shape index (κ1) is 21.8. The first-order valence-electron chi connectivity index (χ1n) is 11.0. The molecule has 0 saturated carbocycles. The number of H-pyrrole nitrogens is 1. The number of aliphatic hydroxyl groups is 3. The van der Waals surface area contributed by atoms with Crippen molar-refractivity contribution in [1.29, 1.82) is 0 Å². The second-order valence-electron chi connectivity index (χ2n) is 8.62. The smallest absolute Gasteiger partial charge is 0.326 e. The minimum absolute atomic E-state index is 0.0326. The second-order valence-corrected chi connectivity index (χ2v) is 8.62. The van der Waals surface area contributed by atoms with E-state index in [0.717, 1.165) is 48.1 Å². The van der Waals surface area contributed by atoms with Crippen LogP contribution in [-0.4, -0.2) is 55.5 Å². The van der Waals surface area contributed by atoms with Crippen molar-refractivity contribution in [2.45, 2.75) is 44.6 Å². The van der Waals surface area contributed by atoms with Crippen molar-refractivity contribution < 1.29 is 15.3 Å². The van der Waals surface area contributed by atoms with Crippen molar-refractivity contribution in [3.05, 3.63) is 70.1 Å². The molecule has 1 aliphatic rings. The molecule has 7 heteroatoms. The third-order valence-electron chi connectivity index (χ3n) is 6.60. The number of aliphatic hydroxyl groups excluding tert-OH is 3. The monoisotopic (exact) mass is 425 g/mol. The van der Waals surface area contributed by atoms with Crippen molar-refractivity contribution in [2.75, 3.05) is 19.6 Å². The molecule has 1 saturated heterocycles. The van der Waals surface area contributed by atoms with Gasteiger partial charge in [0.1, 0.15) is 0 Å². The fourth-order valence-electron chi connectivity index (χ4n) is 4.56. The Morgan fingerprint density at radius 3 is 2.42 bits per heavy atom. The number of para-hydroxylation sites is 2. The van der Waals surface area contributed by atoms with E-state index in [0.29, 0.717) is 6.54 Å². The van der Waals surface area contributed by atoms with E-state index in [1.807, 2.05) is 35.8 Å². The third kappa shape index (κ3) is 4.60. The molecule has 0 amide bonds. The Labute approximate surface area is 181 Å². The van der Waals surface area contributed by atoms with E-state index in [1.165, 1.54) is 0 Å². The van der Waals surface area contributed by atoms with Crippen LogP contribution in [0.5, 0.6) is 0 Å². The summed E-state index contributed by atoms with van der Waals surface area (Å²) in [5.41, 5.74) is 3.27. The van der Waals surface area contributed by atoms with Gasteiger partial charge in [-0.05, 0) is 36.1 Å². The van der Waals surface area contributed by atoms with Crippen LogP contribution < -0.4 is 5.69 Å². The summed E-state index contributed by atoms with van der Waals surface area (Å²) in [5.74, 6) is -0.325. The number of rotatable bonds is 7. The summed E-state index contributed by atoms with van der Waals surface area (Å²) in [6.45, 7) is 3.90. The van der Waals surface area contributed by atoms with Crippen LogP contribution in [0.2, 0.25) is 0 Å². The zero-order valence-corrected chi connectivity index (χ0v) is 17.8. The Kier molecular flexibility index (Phi) is 6.57. The maximum atomic E-state index is 12.4. The molecule has 4 N–H and O–H groups in total. The molecule has 3 aromatic rings. The zero-order chi connectivity index (χ0) is 22.0. The minimum Gasteiger partial charge on any atom is -0.392 e. The topological polar surface area (TPSA) is 102 Å². The molecule has 2 aromatic carbocycles. The number of nitrogens with one attached hydrogen (secondary N) is 1. The van der Waals surface area contributed by atoms with Gasteiger partial charge in [0.15, 0.2) is 0 Å². The summed E-state index contributed by atoms with van der Waals surface area (Å²) >= 11 is 0. The molecule has 0 aliphatic carbocycles. The van der Waals surface area contributed by atoms with Gasteiger partial charge in [0, 0.05) is 31.6 Å². The number of aromatic nitrogens is 2. The van der Waals surface area contributed by atoms with E-state index in [-0.39, 0.29) is 24.3 Å². The number of likely N-dealkylation sites (tertiary alicyclic amines) is 1. The van der Waals surface area contributed by atoms with Crippen molar-refractivity contribution in [3.8, 4) is 0 Å². The van der Waals surface area contributed by atoms with Gasteiger partial charge >= 0.3 is 5.69 Å². The third-order valence-corrected chi connectivity index (χ3v) is 6.60. The minimum atomic E-state index is -0.773. The summed E-state index contributed by atoms with van der Waals surface area (Å²) in [6.07, 6.45) is 0.243. The fraction of sp³-hybridized carbons (Fsp3) is 0.458. The highest BCUT2D eigenvalue weighted by atomic mass is 16.3. The van der Waals surface area contributed by atoms with Crippen molar-refractivity contribution in [3.63, 3.8) is 0 Å². The summed E-state index contributed by atoms with van der Waals surface area (Å²) in [7, 11) is 0. The molecule has 7 nitrogen and oxygen atoms in total. The first-order chi connectivity index (χ1) is 15.0. The van der Waals surface area contributed by atoms with Crippen LogP contribution in [0.25, 0.3) is 11.0 Å². The first-order valence-corrected chi connectivity index (χ1v) is 11.0. The number of imidazole rings is 1. The fourth-order valence-corrected chi connectivity index (χ4v) is 4.56. The van der Waals surface area contributed by atoms with E-state index >= 15 is 0 Å². The maximum absolute atomic E-state index is 12.4. The Bertz CT molecular complexity index is 1050. The predicted octanol–water partition coefficient (Wildman–Crippen LogP) is 2.19. The number of benzene rings is 2. The zero-order valence-electron chi connectivity index (χ0n) is 17.8. The Morgan fingerprint density at radius 1 is 1.06 bits per heavy atom. The van der Waals surface area contributed by atoms with Gasteiger partial charge in [-0.1, -0.05) is 43.3 Å². The van der Waals surface area contributed by atoms with E-state index in [1.54, 1.807) is 24.3 Å². The molecule has 1 aliphatic heterocycles. The lowest BCUT2D eigenvalue weighted by Crippen LogP contribution is -2.43. The average Bonchev–Trinajstić information content (AvgIpc) is 3.14. The molecule has 31 heavy (non-hydrogen) atoms. The van der Waals surface area contributed by atoms with E-state index in [2.05, 4.69) is 9.88 Å². The number of hydrogen-bond donors (Lipinski definition) is 4. The van der Waals surface area contributed by atoms with Gasteiger partial charge in [-0.25, -0.2) is 4.79 Å². The number of nitrogens with zero attached hydrogens (tertiary/aromatic N) is 2. The normalized spacial score (nSPS) is 18.8. The maximum Gasteiger partial charge on any atom is 0.326 e. The summed E-state index contributed by atoms with van der Waals surface area (Å²) in [4.78, 5) is 17.6. The number of aromatic amines is 1. The highest BCUT2D eigenvalue weighted by Gasteiger charge is 2.29. The number of piperidine rings is 1. The molecule has 0 spiro atoms. The van der Waals surface area contributed by atoms with Crippen LogP contribution in [0, 0.1) is 5.92 Å². The van der Waals surface area contributed by atoms with Crippen molar-refractivity contribution in [2.24, 2.45) is 5.92 Å². The van der Waals surface area contributed by atoms with Crippen LogP contribution in [0.15, 0.2) is 53.3 Å². The van der Waals surface area contributed by atoms with Crippen molar-refractivity contribution in [1.82, 2.24) is 14.5 Å². The lowest BCUT2D eigenvalue weighted by molar-refractivity contribution is -0.00330. The van der Waals surface area contributed by atoms with Crippen LogP contribution in [-0.2, 0) is 6.61 Å². The molecule has 1 fully saturated rings. The molecule has 0 bridgehead atoms. The average molecular weight is 426 g/mol. The lowest BCUT2D eigenvalue weighted by atomic mass is 9.91. The molecular weight excluding hydrogens is 394 g/mol. The van der Waals surface area contributed by atoms with Gasteiger partial charge in [0.25, 0.3) is 0 Å². The highest BCUT2D eigenvalue weighted by molar-refractivity contribution is 5.75. The Balaban J connectivity index is 1.34. The second kappa shape index (κ2) is 9.36. The van der Waals surface area contributed by atoms with Gasteiger partial charge in [0.05, 0.1) is 29.8 Å². The highest BCUT2D eigenvalue weighted by Crippen LogP contribution is 2.28. The quantitative estimate of drug-likeness (QED) is 0.465. The molecule has 166 valence electrons. The molecule has 0 radical (unpaired) electrons. The largest absolute Gasteiger partial charge is 0.392 e. The molecule has 2 heterocycles.